The lowest BCUT2D eigenvalue weighted by Crippen LogP contribution is -2.01. The fraction of sp³-hybridized carbons (Fsp3) is 0.250. The minimum atomic E-state index is -0.365. The normalized spacial score (nSPS) is 29.4. The van der Waals surface area contributed by atoms with Crippen LogP contribution in [0.15, 0.2) is 27.5 Å². The van der Waals surface area contributed by atoms with Crippen LogP contribution in [0.25, 0.3) is 0 Å². The summed E-state index contributed by atoms with van der Waals surface area (Å²) in [5.74, 6) is 5.28. The van der Waals surface area contributed by atoms with Gasteiger partial charge in [-0.15, -0.1) is 5.11 Å². The molecule has 48 valence electrons. The van der Waals surface area contributed by atoms with Gasteiger partial charge in [0.05, 0.1) is 0 Å². The van der Waals surface area contributed by atoms with Gasteiger partial charge in [-0.1, -0.05) is 11.6 Å². The van der Waals surface area contributed by atoms with Crippen molar-refractivity contribution in [3.8, 4) is 0 Å². The summed E-state index contributed by atoms with van der Waals surface area (Å²) in [6.07, 6.45) is 3.27. The number of nitrogens with two attached hydrogens (primary N) is 1. The molecule has 0 saturated heterocycles. The highest BCUT2D eigenvalue weighted by Gasteiger charge is 2.01. The molecule has 2 N–H and O–H groups in total. The Kier molecular flexibility index (Phi) is 1.79. The van der Waals surface area contributed by atoms with Gasteiger partial charge in [-0.3, -0.25) is 0 Å². The zero-order chi connectivity index (χ0) is 6.69. The molecule has 1 aliphatic rings. The van der Waals surface area contributed by atoms with Crippen molar-refractivity contribution in [2.75, 3.05) is 0 Å². The number of rotatable bonds is 0. The van der Waals surface area contributed by atoms with Crippen LogP contribution in [0.3, 0.4) is 0 Å². The Labute approximate surface area is 57.1 Å². The first-order valence-electron chi connectivity index (χ1n) is 2.34. The summed E-state index contributed by atoms with van der Waals surface area (Å²) in [5, 5.41) is 10.4. The summed E-state index contributed by atoms with van der Waals surface area (Å²) in [6.45, 7) is 0. The van der Waals surface area contributed by atoms with Crippen LogP contribution in [-0.4, -0.2) is 11.3 Å². The third kappa shape index (κ3) is 1.50. The van der Waals surface area contributed by atoms with Crippen LogP contribution in [0.2, 0.25) is 0 Å². The van der Waals surface area contributed by atoms with Crippen LogP contribution in [0, 0.1) is 0 Å². The van der Waals surface area contributed by atoms with Gasteiger partial charge in [0.25, 0.3) is 0 Å². The minimum Gasteiger partial charge on any atom is -0.321 e. The highest BCUT2D eigenvalue weighted by Crippen LogP contribution is 2.06. The Balaban J connectivity index is 2.70. The lowest BCUT2D eigenvalue weighted by Gasteiger charge is -1.98. The average molecular weight is 145 g/mol. The molecule has 0 aromatic rings. The summed E-state index contributed by atoms with van der Waals surface area (Å²) in [4.78, 5) is 0. The van der Waals surface area contributed by atoms with E-state index >= 15 is 0 Å². The minimum absolute atomic E-state index is 0.365. The largest absolute Gasteiger partial charge is 0.321 e. The van der Waals surface area contributed by atoms with E-state index in [1.54, 1.807) is 12.2 Å². The van der Waals surface area contributed by atoms with Crippen molar-refractivity contribution in [2.24, 2.45) is 21.2 Å². The van der Waals surface area contributed by atoms with Gasteiger partial charge in [-0.2, -0.15) is 10.2 Å². The molecule has 1 aliphatic heterocycles. The van der Waals surface area contributed by atoms with E-state index in [1.165, 1.54) is 0 Å². The van der Waals surface area contributed by atoms with E-state index in [1.807, 2.05) is 0 Å². The summed E-state index contributed by atoms with van der Waals surface area (Å²) in [6, 6.07) is 0. The Morgan fingerprint density at radius 3 is 3.00 bits per heavy atom. The number of amidine groups is 1. The van der Waals surface area contributed by atoms with Crippen LogP contribution in [0.4, 0.5) is 0 Å². The molecule has 0 saturated carbocycles. The van der Waals surface area contributed by atoms with Crippen molar-refractivity contribution in [3.63, 3.8) is 0 Å². The molecule has 1 unspecified atom stereocenters. The number of hydrogen-bond acceptors (Lipinski definition) is 3. The molecular weight excluding hydrogens is 140 g/mol. The van der Waals surface area contributed by atoms with Crippen LogP contribution >= 0.6 is 11.6 Å². The second-order valence-electron chi connectivity index (χ2n) is 1.43. The van der Waals surface area contributed by atoms with E-state index in [0.29, 0.717) is 5.84 Å². The molecule has 1 heterocycles. The van der Waals surface area contributed by atoms with Crippen molar-refractivity contribution in [2.45, 2.75) is 5.50 Å². The maximum absolute atomic E-state index is 5.50. The molecule has 0 fully saturated rings. The van der Waals surface area contributed by atoms with Gasteiger partial charge < -0.3 is 5.84 Å². The van der Waals surface area contributed by atoms with E-state index < -0.39 is 0 Å². The topological polar surface area (TPSA) is 63.1 Å². The summed E-state index contributed by atoms with van der Waals surface area (Å²) in [7, 11) is 0. The molecule has 9 heavy (non-hydrogen) atoms. The first kappa shape index (κ1) is 6.22. The average Bonchev–Trinajstić information content (AvgIpc) is 1.90. The third-order valence-corrected chi connectivity index (χ3v) is 1.04. The van der Waals surface area contributed by atoms with Crippen LogP contribution < -0.4 is 5.84 Å². The van der Waals surface area contributed by atoms with E-state index in [9.17, 15) is 0 Å². The van der Waals surface area contributed by atoms with E-state index in [0.717, 1.165) is 0 Å². The molecule has 4 nitrogen and oxygen atoms in total. The highest BCUT2D eigenvalue weighted by molar-refractivity contribution is 6.22. The molecule has 0 aliphatic carbocycles. The summed E-state index contributed by atoms with van der Waals surface area (Å²) in [5.41, 5.74) is -0.365. The van der Waals surface area contributed by atoms with Crippen molar-refractivity contribution in [1.82, 2.24) is 0 Å². The Morgan fingerprint density at radius 2 is 2.56 bits per heavy atom. The maximum atomic E-state index is 5.50. The van der Waals surface area contributed by atoms with Gasteiger partial charge in [0.1, 0.15) is 0 Å². The Bertz CT molecular complexity index is 167. The second kappa shape index (κ2) is 2.59. The van der Waals surface area contributed by atoms with Crippen molar-refractivity contribution in [3.05, 3.63) is 12.2 Å². The number of alkyl halides is 1. The third-order valence-electron chi connectivity index (χ3n) is 0.807. The Morgan fingerprint density at radius 1 is 1.78 bits per heavy atom. The maximum Gasteiger partial charge on any atom is 0.192 e. The smallest absolute Gasteiger partial charge is 0.192 e. The number of hydrogen-bond donors (Lipinski definition) is 1. The molecule has 0 radical (unpaired) electrons. The molecule has 0 aromatic carbocycles. The lowest BCUT2D eigenvalue weighted by atomic mass is 10.4. The summed E-state index contributed by atoms with van der Waals surface area (Å²) < 4.78 is 0. The van der Waals surface area contributed by atoms with Crippen LogP contribution in [-0.2, 0) is 0 Å². The van der Waals surface area contributed by atoms with Crippen LogP contribution in [0.5, 0.6) is 0 Å². The van der Waals surface area contributed by atoms with E-state index in [2.05, 4.69) is 15.3 Å². The predicted octanol–water partition coefficient (Wildman–Crippen LogP) is 0.846. The Hall–Kier alpha value is -0.900. The molecule has 0 aromatic heterocycles. The van der Waals surface area contributed by atoms with Gasteiger partial charge >= 0.3 is 0 Å². The van der Waals surface area contributed by atoms with Crippen molar-refractivity contribution < 1.29 is 0 Å². The summed E-state index contributed by atoms with van der Waals surface area (Å²) >= 11 is 5.50. The second-order valence-corrected chi connectivity index (χ2v) is 1.88. The predicted molar refractivity (Wildman–Crippen MR) is 35.3 cm³/mol. The first-order chi connectivity index (χ1) is 4.33. The molecule has 5 heteroatoms. The molecule has 1 rings (SSSR count). The van der Waals surface area contributed by atoms with Gasteiger partial charge in [0.15, 0.2) is 11.3 Å². The highest BCUT2D eigenvalue weighted by atomic mass is 35.5. The van der Waals surface area contributed by atoms with Gasteiger partial charge in [0, 0.05) is 0 Å². The van der Waals surface area contributed by atoms with Gasteiger partial charge in [-0.05, 0) is 12.2 Å². The van der Waals surface area contributed by atoms with E-state index in [4.69, 9.17) is 17.4 Å². The van der Waals surface area contributed by atoms with Crippen molar-refractivity contribution >= 4 is 17.4 Å². The fourth-order valence-electron chi connectivity index (χ4n) is 0.420. The number of nitrogens with zero attached hydrogens (tertiary/aromatic N) is 3. The van der Waals surface area contributed by atoms with Crippen LogP contribution in [0.1, 0.15) is 0 Å². The monoisotopic (exact) mass is 144 g/mol. The molecular formula is C4H5ClN4. The molecule has 0 bridgehead atoms. The lowest BCUT2D eigenvalue weighted by molar-refractivity contribution is 0.996. The molecule has 0 spiro atoms. The zero-order valence-electron chi connectivity index (χ0n) is 4.53. The number of hydrazone groups is 1. The number of azo groups is 1. The standard InChI is InChI=1S/C4H5ClN4/c5-3-1-2-4(7-6)9-8-3/h1-3H,6H2/b7-4+. The molecule has 1 atom stereocenters. The first-order valence-corrected chi connectivity index (χ1v) is 2.77. The van der Waals surface area contributed by atoms with Gasteiger partial charge in [0.2, 0.25) is 0 Å². The molecule has 0 amide bonds. The number of halogens is 1. The van der Waals surface area contributed by atoms with Crippen molar-refractivity contribution in [1.29, 1.82) is 0 Å². The van der Waals surface area contributed by atoms with Gasteiger partial charge in [-0.25, -0.2) is 0 Å². The quantitative estimate of drug-likeness (QED) is 0.233. The fourth-order valence-corrected chi connectivity index (χ4v) is 0.537. The zero-order valence-corrected chi connectivity index (χ0v) is 5.28. The SMILES string of the molecule is N/N=C1\C=CC(Cl)N=N1. The van der Waals surface area contributed by atoms with E-state index in [-0.39, 0.29) is 5.50 Å².